The summed E-state index contributed by atoms with van der Waals surface area (Å²) < 4.78 is 0. The molecule has 4 nitrogen and oxygen atoms in total. The molecule has 1 unspecified atom stereocenters. The summed E-state index contributed by atoms with van der Waals surface area (Å²) in [4.78, 5) is 23.4. The highest BCUT2D eigenvalue weighted by Crippen LogP contribution is 2.21. The maximum absolute atomic E-state index is 11.9. The molecule has 1 rings (SSSR count). The van der Waals surface area contributed by atoms with Crippen LogP contribution in [0.4, 0.5) is 0 Å². The molecule has 0 heterocycles. The Morgan fingerprint density at radius 2 is 1.80 bits per heavy atom. The van der Waals surface area contributed by atoms with E-state index in [1.807, 2.05) is 6.07 Å². The molecular formula is C16H23NO3. The number of hydrogen-bond acceptors (Lipinski definition) is 2. The van der Waals surface area contributed by atoms with E-state index in [1.165, 1.54) is 6.92 Å². The molecule has 1 aromatic carbocycles. The van der Waals surface area contributed by atoms with E-state index in [-0.39, 0.29) is 5.91 Å². The fraction of sp³-hybridized carbons (Fsp3) is 0.500. The third-order valence-electron chi connectivity index (χ3n) is 3.43. The SMILES string of the molecule is CCCCCCC(=O)NC(C)(C(=O)O)c1ccccc1. The van der Waals surface area contributed by atoms with E-state index in [4.69, 9.17) is 0 Å². The van der Waals surface area contributed by atoms with Gasteiger partial charge in [0.05, 0.1) is 0 Å². The first-order chi connectivity index (χ1) is 9.50. The number of carbonyl (C=O) groups excluding carboxylic acids is 1. The minimum atomic E-state index is -1.37. The van der Waals surface area contributed by atoms with Gasteiger partial charge in [-0.05, 0) is 18.9 Å². The van der Waals surface area contributed by atoms with Crippen LogP contribution in [0.1, 0.15) is 51.5 Å². The van der Waals surface area contributed by atoms with Crippen LogP contribution in [0.25, 0.3) is 0 Å². The highest BCUT2D eigenvalue weighted by Gasteiger charge is 2.36. The Labute approximate surface area is 120 Å². The maximum atomic E-state index is 11.9. The van der Waals surface area contributed by atoms with Crippen LogP contribution in [0.5, 0.6) is 0 Å². The second-order valence-electron chi connectivity index (χ2n) is 5.16. The molecular weight excluding hydrogens is 254 g/mol. The van der Waals surface area contributed by atoms with Crippen LogP contribution >= 0.6 is 0 Å². The third-order valence-corrected chi connectivity index (χ3v) is 3.43. The number of amides is 1. The monoisotopic (exact) mass is 277 g/mol. The molecule has 1 aromatic rings. The van der Waals surface area contributed by atoms with Crippen molar-refractivity contribution in [3.63, 3.8) is 0 Å². The molecule has 0 aliphatic carbocycles. The summed E-state index contributed by atoms with van der Waals surface area (Å²) in [5.74, 6) is -1.26. The lowest BCUT2D eigenvalue weighted by atomic mass is 9.92. The molecule has 20 heavy (non-hydrogen) atoms. The van der Waals surface area contributed by atoms with Gasteiger partial charge in [-0.1, -0.05) is 56.5 Å². The number of nitrogens with one attached hydrogen (secondary N) is 1. The molecule has 2 N–H and O–H groups in total. The number of rotatable bonds is 8. The Bertz CT molecular complexity index is 444. The lowest BCUT2D eigenvalue weighted by Crippen LogP contribution is -2.49. The summed E-state index contributed by atoms with van der Waals surface area (Å²) in [6.07, 6.45) is 4.37. The first-order valence-corrected chi connectivity index (χ1v) is 7.10. The largest absolute Gasteiger partial charge is 0.479 e. The number of carboxylic acids is 1. The summed E-state index contributed by atoms with van der Waals surface area (Å²) in [5, 5.41) is 12.1. The second kappa shape index (κ2) is 7.68. The summed E-state index contributed by atoms with van der Waals surface area (Å²) >= 11 is 0. The van der Waals surface area contributed by atoms with Crippen LogP contribution in [0.15, 0.2) is 30.3 Å². The number of carboxylic acid groups (broad SMARTS) is 1. The van der Waals surface area contributed by atoms with Crippen LogP contribution < -0.4 is 5.32 Å². The fourth-order valence-electron chi connectivity index (χ4n) is 2.07. The van der Waals surface area contributed by atoms with Crippen molar-refractivity contribution in [2.45, 2.75) is 51.5 Å². The van der Waals surface area contributed by atoms with Crippen LogP contribution in [0, 0.1) is 0 Å². The predicted octanol–water partition coefficient (Wildman–Crippen LogP) is 3.07. The van der Waals surface area contributed by atoms with E-state index in [0.717, 1.165) is 25.7 Å². The molecule has 0 aromatic heterocycles. The topological polar surface area (TPSA) is 66.4 Å². The first kappa shape index (κ1) is 16.2. The van der Waals surface area contributed by atoms with E-state index < -0.39 is 11.5 Å². The summed E-state index contributed by atoms with van der Waals surface area (Å²) in [7, 11) is 0. The molecule has 0 fully saturated rings. The minimum Gasteiger partial charge on any atom is -0.479 e. The van der Waals surface area contributed by atoms with Crippen molar-refractivity contribution in [3.05, 3.63) is 35.9 Å². The normalized spacial score (nSPS) is 13.5. The van der Waals surface area contributed by atoms with E-state index in [9.17, 15) is 14.7 Å². The van der Waals surface area contributed by atoms with Gasteiger partial charge in [0.2, 0.25) is 5.91 Å². The number of hydrogen-bond donors (Lipinski definition) is 2. The number of benzene rings is 1. The lowest BCUT2D eigenvalue weighted by Gasteiger charge is -2.26. The van der Waals surface area contributed by atoms with Crippen LogP contribution in [-0.4, -0.2) is 17.0 Å². The standard InChI is InChI=1S/C16H23NO3/c1-3-4-5-9-12-14(18)17-16(2,15(19)20)13-10-7-6-8-11-13/h6-8,10-11H,3-5,9,12H2,1-2H3,(H,17,18)(H,19,20). The molecule has 4 heteroatoms. The number of carbonyl (C=O) groups is 2. The van der Waals surface area contributed by atoms with Gasteiger partial charge in [0.25, 0.3) is 0 Å². The Morgan fingerprint density at radius 3 is 2.35 bits per heavy atom. The van der Waals surface area contributed by atoms with Crippen molar-refractivity contribution in [1.82, 2.24) is 5.32 Å². The third kappa shape index (κ3) is 4.37. The Kier molecular flexibility index (Phi) is 6.22. The van der Waals surface area contributed by atoms with Crippen molar-refractivity contribution in [2.24, 2.45) is 0 Å². The zero-order chi connectivity index (χ0) is 15.0. The van der Waals surface area contributed by atoms with Gasteiger partial charge in [0.1, 0.15) is 0 Å². The van der Waals surface area contributed by atoms with Gasteiger partial charge in [0.15, 0.2) is 5.54 Å². The van der Waals surface area contributed by atoms with Gasteiger partial charge in [0, 0.05) is 6.42 Å². The zero-order valence-electron chi connectivity index (χ0n) is 12.2. The Balaban J connectivity index is 2.68. The predicted molar refractivity (Wildman–Crippen MR) is 78.3 cm³/mol. The molecule has 1 atom stereocenters. The summed E-state index contributed by atoms with van der Waals surface area (Å²) in [6, 6.07) is 8.78. The van der Waals surface area contributed by atoms with Gasteiger partial charge in [-0.25, -0.2) is 4.79 Å². The van der Waals surface area contributed by atoms with E-state index in [1.54, 1.807) is 24.3 Å². The van der Waals surface area contributed by atoms with Crippen molar-refractivity contribution in [3.8, 4) is 0 Å². The number of unbranched alkanes of at least 4 members (excludes halogenated alkanes) is 3. The average molecular weight is 277 g/mol. The van der Waals surface area contributed by atoms with Gasteiger partial charge >= 0.3 is 5.97 Å². The van der Waals surface area contributed by atoms with E-state index >= 15 is 0 Å². The summed E-state index contributed by atoms with van der Waals surface area (Å²) in [5.41, 5.74) is -0.794. The molecule has 0 aliphatic rings. The highest BCUT2D eigenvalue weighted by molar-refractivity contribution is 5.87. The smallest absolute Gasteiger partial charge is 0.333 e. The van der Waals surface area contributed by atoms with Crippen molar-refractivity contribution in [1.29, 1.82) is 0 Å². The molecule has 0 saturated heterocycles. The van der Waals surface area contributed by atoms with Crippen LogP contribution in [-0.2, 0) is 15.1 Å². The van der Waals surface area contributed by atoms with Gasteiger partial charge in [-0.3, -0.25) is 4.79 Å². The Morgan fingerprint density at radius 1 is 1.15 bits per heavy atom. The maximum Gasteiger partial charge on any atom is 0.333 e. The van der Waals surface area contributed by atoms with Crippen molar-refractivity contribution >= 4 is 11.9 Å². The lowest BCUT2D eigenvalue weighted by molar-refractivity contribution is -0.147. The van der Waals surface area contributed by atoms with Crippen LogP contribution in [0.3, 0.4) is 0 Å². The Hall–Kier alpha value is -1.84. The molecule has 0 aliphatic heterocycles. The zero-order valence-corrected chi connectivity index (χ0v) is 12.2. The molecule has 0 bridgehead atoms. The van der Waals surface area contributed by atoms with E-state index in [2.05, 4.69) is 12.2 Å². The van der Waals surface area contributed by atoms with Crippen molar-refractivity contribution < 1.29 is 14.7 Å². The highest BCUT2D eigenvalue weighted by atomic mass is 16.4. The fourth-order valence-corrected chi connectivity index (χ4v) is 2.07. The van der Waals surface area contributed by atoms with Gasteiger partial charge in [-0.2, -0.15) is 0 Å². The first-order valence-electron chi connectivity index (χ1n) is 7.10. The van der Waals surface area contributed by atoms with E-state index in [0.29, 0.717) is 12.0 Å². The van der Waals surface area contributed by atoms with Crippen LogP contribution in [0.2, 0.25) is 0 Å². The molecule has 0 radical (unpaired) electrons. The summed E-state index contributed by atoms with van der Waals surface area (Å²) in [6.45, 7) is 3.63. The molecule has 0 saturated carbocycles. The number of aliphatic carboxylic acids is 1. The minimum absolute atomic E-state index is 0.213. The molecule has 110 valence electrons. The van der Waals surface area contributed by atoms with Crippen molar-refractivity contribution in [2.75, 3.05) is 0 Å². The molecule has 1 amide bonds. The second-order valence-corrected chi connectivity index (χ2v) is 5.16. The quantitative estimate of drug-likeness (QED) is 0.718. The molecule has 0 spiro atoms. The average Bonchev–Trinajstić information content (AvgIpc) is 2.44. The van der Waals surface area contributed by atoms with Gasteiger partial charge in [-0.15, -0.1) is 0 Å². The van der Waals surface area contributed by atoms with Gasteiger partial charge < -0.3 is 10.4 Å².